The van der Waals surface area contributed by atoms with Crippen LogP contribution < -0.4 is 32.2 Å². The summed E-state index contributed by atoms with van der Waals surface area (Å²) >= 11 is 8.01. The number of thioether (sulfide) groups is 1. The normalized spacial score (nSPS) is 12.9. The number of hydrogen-bond acceptors (Lipinski definition) is 14. The second-order valence-corrected chi connectivity index (χ2v) is 17.2. The van der Waals surface area contributed by atoms with E-state index >= 15 is 0 Å². The third-order valence-corrected chi connectivity index (χ3v) is 12.5. The van der Waals surface area contributed by atoms with Gasteiger partial charge in [0.2, 0.25) is 5.28 Å². The number of anilines is 5. The number of nitrogens with one attached hydrogen (secondary N) is 4. The van der Waals surface area contributed by atoms with Gasteiger partial charge in [-0.15, -0.1) is 0 Å². The summed E-state index contributed by atoms with van der Waals surface area (Å²) in [5.41, 5.74) is 20.9. The van der Waals surface area contributed by atoms with Gasteiger partial charge < -0.3 is 51.2 Å². The zero-order chi connectivity index (χ0) is 47.0. The predicted octanol–water partition coefficient (Wildman–Crippen LogP) is 7.95. The molecule has 0 radical (unpaired) electrons. The first-order valence-electron chi connectivity index (χ1n) is 21.9. The number of methoxy groups -OCH3 is 1. The van der Waals surface area contributed by atoms with Gasteiger partial charge in [0, 0.05) is 56.7 Å². The summed E-state index contributed by atoms with van der Waals surface area (Å²) in [5.74, 6) is 1.00. The first-order chi connectivity index (χ1) is 33.2. The lowest BCUT2D eigenvalue weighted by atomic mass is 9.94. The largest absolute Gasteiger partial charge is 0.492 e. The van der Waals surface area contributed by atoms with E-state index < -0.39 is 0 Å². The number of nitrogens with two attached hydrogens (primary N) is 2. The van der Waals surface area contributed by atoms with Crippen molar-refractivity contribution in [2.24, 2.45) is 0 Å². The number of hydrogen-bond donors (Lipinski definition) is 6. The Labute approximate surface area is 401 Å². The Morgan fingerprint density at radius 3 is 2.25 bits per heavy atom. The van der Waals surface area contributed by atoms with Gasteiger partial charge in [-0.2, -0.15) is 9.97 Å². The van der Waals surface area contributed by atoms with Crippen LogP contribution in [0.25, 0.3) is 33.3 Å². The molecule has 348 valence electrons. The van der Waals surface area contributed by atoms with E-state index in [0.717, 1.165) is 29.7 Å². The van der Waals surface area contributed by atoms with Gasteiger partial charge in [0.15, 0.2) is 22.1 Å². The van der Waals surface area contributed by atoms with Crippen LogP contribution in [-0.4, -0.2) is 99.4 Å². The van der Waals surface area contributed by atoms with Gasteiger partial charge in [0.05, 0.1) is 60.0 Å². The van der Waals surface area contributed by atoms with Gasteiger partial charge in [-0.05, 0) is 89.0 Å². The molecule has 9 rings (SSSR count). The second kappa shape index (κ2) is 21.2. The summed E-state index contributed by atoms with van der Waals surface area (Å²) in [6, 6.07) is 31.1. The van der Waals surface area contributed by atoms with E-state index in [-0.39, 0.29) is 23.6 Å². The van der Waals surface area contributed by atoms with Crippen LogP contribution in [0.2, 0.25) is 5.28 Å². The van der Waals surface area contributed by atoms with Gasteiger partial charge in [-0.25, -0.2) is 9.97 Å². The lowest BCUT2D eigenvalue weighted by Crippen LogP contribution is -2.38. The van der Waals surface area contributed by atoms with E-state index in [1.807, 2.05) is 65.2 Å². The number of nitrogens with zero attached hydrogens (tertiary/aromatic N) is 6. The molecule has 1 saturated heterocycles. The Morgan fingerprint density at radius 1 is 0.824 bits per heavy atom. The van der Waals surface area contributed by atoms with Crippen molar-refractivity contribution in [1.29, 1.82) is 0 Å². The maximum Gasteiger partial charge on any atom is 0.255 e. The lowest BCUT2D eigenvalue weighted by molar-refractivity contribution is 0.0323. The minimum absolute atomic E-state index is 0.0592. The number of para-hydroxylation sites is 4. The van der Waals surface area contributed by atoms with E-state index in [4.69, 9.17) is 42.3 Å². The Morgan fingerprint density at radius 2 is 1.53 bits per heavy atom. The summed E-state index contributed by atoms with van der Waals surface area (Å²) < 4.78 is 19.4. The molecule has 17 nitrogen and oxygen atoms in total. The topological polar surface area (TPSA) is 225 Å². The van der Waals surface area contributed by atoms with Crippen LogP contribution in [0.1, 0.15) is 31.8 Å². The van der Waals surface area contributed by atoms with E-state index in [0.29, 0.717) is 124 Å². The Balaban J connectivity index is 1.06. The van der Waals surface area contributed by atoms with Crippen LogP contribution in [0.5, 0.6) is 5.75 Å². The average Bonchev–Trinajstić information content (AvgIpc) is 3.97. The standard InChI is InChI=1S/C49H49ClN12O5S/c1-65-22-21-62-29-54-43-44(59-48(50)60-45(43)62)53-27-33-15-14-32(47(64)56-38-9-5-3-7-36(38)52)26-34(33)41-40(67-25-20-61-18-23-66-24-19-61)17-16-39-42(41)58-49(57-39)68-28-30-10-12-31(13-11-30)46(63)55-37-8-4-2-6-35(37)51/h2-17,26,29H,18-25,27-28,51-52H2,1H3,(H,55,63)(H,56,64)(H,57,58)(H,53,59,60). The number of carbonyl (C=O) groups excluding carboxylic acids is 2. The fourth-order valence-corrected chi connectivity index (χ4v) is 8.78. The van der Waals surface area contributed by atoms with Gasteiger partial charge >= 0.3 is 0 Å². The van der Waals surface area contributed by atoms with Crippen LogP contribution in [0.15, 0.2) is 115 Å². The molecule has 19 heteroatoms. The molecule has 0 bridgehead atoms. The smallest absolute Gasteiger partial charge is 0.255 e. The minimum Gasteiger partial charge on any atom is -0.492 e. The fourth-order valence-electron chi connectivity index (χ4n) is 7.79. The summed E-state index contributed by atoms with van der Waals surface area (Å²) in [6.07, 6.45) is 1.68. The third-order valence-electron chi connectivity index (χ3n) is 11.4. The number of nitrogen functional groups attached to an aromatic ring is 2. The number of fused-ring (bicyclic) bond motifs is 2. The van der Waals surface area contributed by atoms with Crippen molar-refractivity contribution >= 4 is 85.9 Å². The van der Waals surface area contributed by atoms with E-state index in [9.17, 15) is 9.59 Å². The first-order valence-corrected chi connectivity index (χ1v) is 23.3. The molecule has 0 aliphatic carbocycles. The molecule has 4 heterocycles. The monoisotopic (exact) mass is 952 g/mol. The van der Waals surface area contributed by atoms with Crippen LogP contribution in [-0.2, 0) is 28.3 Å². The quantitative estimate of drug-likeness (QED) is 0.0273. The molecule has 0 saturated carbocycles. The summed E-state index contributed by atoms with van der Waals surface area (Å²) in [5, 5.41) is 10.0. The van der Waals surface area contributed by atoms with Crippen molar-refractivity contribution in [3.05, 3.63) is 137 Å². The molecule has 8 N–H and O–H groups in total. The van der Waals surface area contributed by atoms with Crippen molar-refractivity contribution in [2.75, 3.05) is 80.6 Å². The molecule has 1 aliphatic rings. The third kappa shape index (κ3) is 10.6. The number of ether oxygens (including phenoxy) is 3. The number of imidazole rings is 2. The Hall–Kier alpha value is -7.22. The second-order valence-electron chi connectivity index (χ2n) is 15.9. The molecule has 1 fully saturated rings. The Kier molecular flexibility index (Phi) is 14.3. The number of aromatic nitrogens is 6. The SMILES string of the molecule is COCCn1cnc2c(NCc3ccc(C(=O)Nc4ccccc4N)cc3-c3c(OCCN4CCOCC4)ccc4[nH]c(SCc5ccc(C(=O)Nc6ccccc6N)cc5)nc34)nc(Cl)nc21. The molecular weight excluding hydrogens is 904 g/mol. The van der Waals surface area contributed by atoms with Gasteiger partial charge in [0.25, 0.3) is 11.8 Å². The molecule has 3 aromatic heterocycles. The zero-order valence-electron chi connectivity index (χ0n) is 37.1. The molecule has 68 heavy (non-hydrogen) atoms. The highest BCUT2D eigenvalue weighted by Gasteiger charge is 2.23. The van der Waals surface area contributed by atoms with Gasteiger partial charge in [-0.1, -0.05) is 54.2 Å². The van der Waals surface area contributed by atoms with Crippen LogP contribution in [0, 0.1) is 0 Å². The molecular formula is C49H49ClN12O5S. The maximum absolute atomic E-state index is 14.0. The van der Waals surface area contributed by atoms with Crippen LogP contribution >= 0.6 is 23.4 Å². The van der Waals surface area contributed by atoms with E-state index in [1.165, 1.54) is 11.8 Å². The summed E-state index contributed by atoms with van der Waals surface area (Å²) in [7, 11) is 1.64. The average molecular weight is 954 g/mol. The molecule has 5 aromatic carbocycles. The van der Waals surface area contributed by atoms with Gasteiger partial charge in [-0.3, -0.25) is 14.5 Å². The van der Waals surface area contributed by atoms with E-state index in [2.05, 4.69) is 40.8 Å². The highest BCUT2D eigenvalue weighted by atomic mass is 35.5. The first kappa shape index (κ1) is 45.9. The number of aromatic amines is 1. The minimum atomic E-state index is -0.345. The number of benzene rings is 5. The van der Waals surface area contributed by atoms with Gasteiger partial charge in [0.1, 0.15) is 17.9 Å². The molecule has 0 unspecified atom stereocenters. The zero-order valence-corrected chi connectivity index (χ0v) is 38.7. The summed E-state index contributed by atoms with van der Waals surface area (Å²) in [6.45, 7) is 5.32. The van der Waals surface area contributed by atoms with E-state index in [1.54, 1.807) is 55.9 Å². The number of morpholine rings is 1. The lowest BCUT2D eigenvalue weighted by Gasteiger charge is -2.26. The maximum atomic E-state index is 14.0. The van der Waals surface area contributed by atoms with Crippen LogP contribution in [0.3, 0.4) is 0 Å². The van der Waals surface area contributed by atoms with Crippen LogP contribution in [0.4, 0.5) is 28.6 Å². The van der Waals surface area contributed by atoms with Crippen molar-refractivity contribution in [3.8, 4) is 16.9 Å². The van der Waals surface area contributed by atoms with Crippen molar-refractivity contribution in [1.82, 2.24) is 34.4 Å². The number of H-pyrrole nitrogens is 1. The highest BCUT2D eigenvalue weighted by molar-refractivity contribution is 7.98. The number of amides is 2. The number of halogens is 1. The van der Waals surface area contributed by atoms with Crippen molar-refractivity contribution < 1.29 is 23.8 Å². The molecule has 8 aromatic rings. The summed E-state index contributed by atoms with van der Waals surface area (Å²) in [4.78, 5) is 51.7. The molecule has 1 aliphatic heterocycles. The molecule has 2 amide bonds. The highest BCUT2D eigenvalue weighted by Crippen LogP contribution is 2.40. The number of carbonyl (C=O) groups is 2. The van der Waals surface area contributed by atoms with Crippen molar-refractivity contribution in [2.45, 2.75) is 24.0 Å². The fraction of sp³-hybridized carbons (Fsp3) is 0.224. The predicted molar refractivity (Wildman–Crippen MR) is 267 cm³/mol. The van der Waals surface area contributed by atoms with Crippen molar-refractivity contribution in [3.63, 3.8) is 0 Å². The number of rotatable bonds is 18. The molecule has 0 spiro atoms. The Bertz CT molecular complexity index is 3090. The molecule has 0 atom stereocenters.